The maximum absolute atomic E-state index is 12.5. The first-order chi connectivity index (χ1) is 10.8. The van der Waals surface area contributed by atoms with Gasteiger partial charge in [-0.1, -0.05) is 23.7 Å². The van der Waals surface area contributed by atoms with Crippen LogP contribution >= 0.6 is 22.9 Å². The fraction of sp³-hybridized carbons (Fsp3) is 0.267. The fourth-order valence-electron chi connectivity index (χ4n) is 2.48. The van der Waals surface area contributed by atoms with E-state index in [9.17, 15) is 13.2 Å². The molecule has 1 aliphatic carbocycles. The number of primary sulfonamides is 1. The Morgan fingerprint density at radius 3 is 2.39 bits per heavy atom. The number of thiophene rings is 1. The van der Waals surface area contributed by atoms with E-state index in [0.29, 0.717) is 5.02 Å². The molecule has 0 atom stereocenters. The maximum Gasteiger partial charge on any atom is 0.247 e. The number of halogens is 1. The number of rotatable bonds is 5. The molecule has 122 valence electrons. The molecule has 0 aliphatic heterocycles. The average Bonchev–Trinajstić information content (AvgIpc) is 3.15. The molecule has 2 aromatic rings. The Morgan fingerprint density at radius 2 is 1.87 bits per heavy atom. The van der Waals surface area contributed by atoms with E-state index in [1.165, 1.54) is 6.07 Å². The van der Waals surface area contributed by atoms with Crippen molar-refractivity contribution in [3.63, 3.8) is 0 Å². The van der Waals surface area contributed by atoms with E-state index in [1.54, 1.807) is 18.2 Å². The van der Waals surface area contributed by atoms with Crippen molar-refractivity contribution in [3.8, 4) is 0 Å². The number of sulfonamides is 1. The smallest absolute Gasteiger partial charge is 0.247 e. The Hall–Kier alpha value is -1.41. The highest BCUT2D eigenvalue weighted by Gasteiger charge is 2.51. The van der Waals surface area contributed by atoms with Gasteiger partial charge >= 0.3 is 0 Å². The van der Waals surface area contributed by atoms with Crippen molar-refractivity contribution in [1.82, 2.24) is 5.32 Å². The van der Waals surface area contributed by atoms with Crippen LogP contribution in [-0.2, 0) is 26.8 Å². The van der Waals surface area contributed by atoms with Gasteiger partial charge in [-0.3, -0.25) is 4.79 Å². The molecule has 0 unspecified atom stereocenters. The van der Waals surface area contributed by atoms with E-state index >= 15 is 0 Å². The van der Waals surface area contributed by atoms with Crippen LogP contribution in [0.5, 0.6) is 0 Å². The minimum absolute atomic E-state index is 0.0506. The molecule has 1 aromatic heterocycles. The van der Waals surface area contributed by atoms with E-state index in [4.69, 9.17) is 16.7 Å². The van der Waals surface area contributed by atoms with Crippen LogP contribution in [-0.4, -0.2) is 14.3 Å². The van der Waals surface area contributed by atoms with Crippen LogP contribution in [0.2, 0.25) is 5.02 Å². The molecule has 1 fully saturated rings. The lowest BCUT2D eigenvalue weighted by Gasteiger charge is -2.15. The summed E-state index contributed by atoms with van der Waals surface area (Å²) in [4.78, 5) is 13.3. The Labute approximate surface area is 143 Å². The van der Waals surface area contributed by atoms with Gasteiger partial charge in [-0.15, -0.1) is 11.3 Å². The molecule has 3 rings (SSSR count). The Kier molecular flexibility index (Phi) is 4.22. The zero-order valence-electron chi connectivity index (χ0n) is 12.1. The lowest BCUT2D eigenvalue weighted by Crippen LogP contribution is -2.34. The SMILES string of the molecule is NS(=O)(=O)c1ccc(CNC(=O)C2(c3ccc(Cl)cc3)CC2)s1. The highest BCUT2D eigenvalue weighted by Crippen LogP contribution is 2.48. The summed E-state index contributed by atoms with van der Waals surface area (Å²) in [7, 11) is -3.69. The van der Waals surface area contributed by atoms with Crippen molar-refractivity contribution >= 4 is 38.9 Å². The standard InChI is InChI=1S/C15H15ClN2O3S2/c16-11-3-1-10(2-4-11)15(7-8-15)14(19)18-9-12-5-6-13(22-12)23(17,20)21/h1-6H,7-9H2,(H,18,19)(H2,17,20,21). The van der Waals surface area contributed by atoms with E-state index in [2.05, 4.69) is 5.32 Å². The summed E-state index contributed by atoms with van der Waals surface area (Å²) >= 11 is 6.95. The second-order valence-corrected chi connectivity index (χ2v) is 8.93. The number of carbonyl (C=O) groups excluding carboxylic acids is 1. The molecule has 23 heavy (non-hydrogen) atoms. The van der Waals surface area contributed by atoms with Crippen LogP contribution < -0.4 is 10.5 Å². The molecular weight excluding hydrogens is 356 g/mol. The summed E-state index contributed by atoms with van der Waals surface area (Å²) in [5.41, 5.74) is 0.473. The maximum atomic E-state index is 12.5. The van der Waals surface area contributed by atoms with Gasteiger partial charge in [0.15, 0.2) is 0 Å². The van der Waals surface area contributed by atoms with Crippen LogP contribution in [0, 0.1) is 0 Å². The molecule has 1 aromatic carbocycles. The van der Waals surface area contributed by atoms with E-state index in [1.807, 2.05) is 12.1 Å². The molecule has 0 saturated heterocycles. The van der Waals surface area contributed by atoms with Gasteiger partial charge in [0.2, 0.25) is 15.9 Å². The highest BCUT2D eigenvalue weighted by molar-refractivity contribution is 7.91. The largest absolute Gasteiger partial charge is 0.350 e. The zero-order valence-corrected chi connectivity index (χ0v) is 14.5. The normalized spacial score (nSPS) is 16.1. The van der Waals surface area contributed by atoms with Crippen LogP contribution in [0.4, 0.5) is 0 Å². The van der Waals surface area contributed by atoms with Gasteiger partial charge in [0.25, 0.3) is 0 Å². The fourth-order valence-corrected chi connectivity index (χ4v) is 4.33. The lowest BCUT2D eigenvalue weighted by molar-refractivity contribution is -0.123. The molecule has 1 amide bonds. The summed E-state index contributed by atoms with van der Waals surface area (Å²) in [5.74, 6) is -0.0506. The predicted molar refractivity (Wildman–Crippen MR) is 89.9 cm³/mol. The molecule has 8 heteroatoms. The topological polar surface area (TPSA) is 89.3 Å². The monoisotopic (exact) mass is 370 g/mol. The van der Waals surface area contributed by atoms with Crippen molar-refractivity contribution in [1.29, 1.82) is 0 Å². The number of hydrogen-bond acceptors (Lipinski definition) is 4. The van der Waals surface area contributed by atoms with Crippen molar-refractivity contribution in [2.45, 2.75) is 29.0 Å². The van der Waals surface area contributed by atoms with Gasteiger partial charge in [-0.05, 0) is 42.7 Å². The molecule has 5 nitrogen and oxygen atoms in total. The third kappa shape index (κ3) is 3.42. The number of amides is 1. The van der Waals surface area contributed by atoms with E-state index < -0.39 is 15.4 Å². The number of hydrogen-bond donors (Lipinski definition) is 2. The number of nitrogens with one attached hydrogen (secondary N) is 1. The van der Waals surface area contributed by atoms with Crippen molar-refractivity contribution in [2.24, 2.45) is 5.14 Å². The Morgan fingerprint density at radius 1 is 1.22 bits per heavy atom. The average molecular weight is 371 g/mol. The summed E-state index contributed by atoms with van der Waals surface area (Å²) in [6.07, 6.45) is 1.60. The molecule has 1 aliphatic rings. The Balaban J connectivity index is 1.68. The number of benzene rings is 1. The third-order valence-electron chi connectivity index (χ3n) is 3.92. The van der Waals surface area contributed by atoms with Gasteiger partial charge in [0.05, 0.1) is 12.0 Å². The van der Waals surface area contributed by atoms with Crippen molar-refractivity contribution < 1.29 is 13.2 Å². The molecule has 1 saturated carbocycles. The van der Waals surface area contributed by atoms with Crippen LogP contribution in [0.15, 0.2) is 40.6 Å². The lowest BCUT2D eigenvalue weighted by atomic mass is 9.95. The van der Waals surface area contributed by atoms with Gasteiger partial charge in [0.1, 0.15) is 4.21 Å². The van der Waals surface area contributed by atoms with Crippen LogP contribution in [0.25, 0.3) is 0 Å². The van der Waals surface area contributed by atoms with Crippen molar-refractivity contribution in [3.05, 3.63) is 51.9 Å². The first kappa shape index (κ1) is 16.4. The molecule has 0 spiro atoms. The summed E-state index contributed by atoms with van der Waals surface area (Å²) in [6.45, 7) is 0.286. The molecular formula is C15H15ClN2O3S2. The van der Waals surface area contributed by atoms with Gasteiger partial charge in [-0.25, -0.2) is 13.6 Å². The van der Waals surface area contributed by atoms with E-state index in [-0.39, 0.29) is 16.7 Å². The second kappa shape index (κ2) is 5.90. The Bertz CT molecular complexity index is 840. The van der Waals surface area contributed by atoms with Crippen LogP contribution in [0.1, 0.15) is 23.3 Å². The van der Waals surface area contributed by atoms with Gasteiger partial charge < -0.3 is 5.32 Å². The van der Waals surface area contributed by atoms with Crippen LogP contribution in [0.3, 0.4) is 0 Å². The zero-order chi connectivity index (χ0) is 16.7. The molecule has 0 radical (unpaired) electrons. The van der Waals surface area contributed by atoms with Gasteiger partial charge in [0, 0.05) is 9.90 Å². The first-order valence-corrected chi connectivity index (χ1v) is 9.71. The predicted octanol–water partition coefficient (Wildman–Crippen LogP) is 2.40. The van der Waals surface area contributed by atoms with Crippen molar-refractivity contribution in [2.75, 3.05) is 0 Å². The first-order valence-electron chi connectivity index (χ1n) is 6.97. The summed E-state index contributed by atoms with van der Waals surface area (Å²) < 4.78 is 22.6. The molecule has 3 N–H and O–H groups in total. The van der Waals surface area contributed by atoms with E-state index in [0.717, 1.165) is 34.6 Å². The number of nitrogens with two attached hydrogens (primary N) is 1. The third-order valence-corrected chi connectivity index (χ3v) is 6.70. The number of carbonyl (C=O) groups is 1. The second-order valence-electron chi connectivity index (χ2n) is 5.54. The highest BCUT2D eigenvalue weighted by atomic mass is 35.5. The van der Waals surface area contributed by atoms with Gasteiger partial charge in [-0.2, -0.15) is 0 Å². The molecule has 1 heterocycles. The summed E-state index contributed by atoms with van der Waals surface area (Å²) in [6, 6.07) is 10.4. The molecule has 0 bridgehead atoms. The summed E-state index contributed by atoms with van der Waals surface area (Å²) in [5, 5.41) is 8.60. The minimum Gasteiger partial charge on any atom is -0.350 e. The minimum atomic E-state index is -3.69. The quantitative estimate of drug-likeness (QED) is 0.846.